The highest BCUT2D eigenvalue weighted by Crippen LogP contribution is 2.38. The number of piperazine rings is 1. The second-order valence-electron chi connectivity index (χ2n) is 8.35. The standard InChI is InChI=1S/C21H28N2O5S/c1-15-12-19(15)21(25)28-14-20(24)22-8-10-23(11-9-22)29(26,27)18-7-6-16-4-2-3-5-17(16)13-18/h6-7,13,15,19H,2-5,8-12,14H2,1H3/t15-,19+/m0/s1. The van der Waals surface area contributed by atoms with Gasteiger partial charge < -0.3 is 9.64 Å². The molecule has 8 heteroatoms. The molecule has 4 rings (SSSR count). The highest BCUT2D eigenvalue weighted by Gasteiger charge is 2.41. The number of nitrogens with zero attached hydrogens (tertiary/aromatic N) is 2. The van der Waals surface area contributed by atoms with E-state index in [1.165, 1.54) is 9.87 Å². The van der Waals surface area contributed by atoms with E-state index in [4.69, 9.17) is 4.74 Å². The van der Waals surface area contributed by atoms with Crippen LogP contribution in [0.4, 0.5) is 0 Å². The van der Waals surface area contributed by atoms with Gasteiger partial charge in [-0.3, -0.25) is 9.59 Å². The highest BCUT2D eigenvalue weighted by atomic mass is 32.2. The molecule has 0 bridgehead atoms. The number of hydrogen-bond donors (Lipinski definition) is 0. The van der Waals surface area contributed by atoms with Crippen LogP contribution in [-0.2, 0) is 37.2 Å². The lowest BCUT2D eigenvalue weighted by Gasteiger charge is -2.34. The van der Waals surface area contributed by atoms with Gasteiger partial charge in [-0.1, -0.05) is 13.0 Å². The normalized spacial score (nSPS) is 24.7. The lowest BCUT2D eigenvalue weighted by atomic mass is 9.92. The number of amides is 1. The summed E-state index contributed by atoms with van der Waals surface area (Å²) in [6.45, 7) is 2.83. The first-order valence-corrected chi connectivity index (χ1v) is 11.9. The fourth-order valence-electron chi connectivity index (χ4n) is 4.18. The number of hydrogen-bond acceptors (Lipinski definition) is 5. The Kier molecular flexibility index (Phi) is 5.66. The third-order valence-electron chi connectivity index (χ3n) is 6.30. The smallest absolute Gasteiger partial charge is 0.309 e. The fraction of sp³-hybridized carbons (Fsp3) is 0.619. The minimum Gasteiger partial charge on any atom is -0.455 e. The van der Waals surface area contributed by atoms with Gasteiger partial charge in [-0.2, -0.15) is 4.31 Å². The predicted molar refractivity (Wildman–Crippen MR) is 107 cm³/mol. The number of ether oxygens (including phenoxy) is 1. The van der Waals surface area contributed by atoms with Crippen LogP contribution in [0, 0.1) is 11.8 Å². The van der Waals surface area contributed by atoms with Crippen LogP contribution in [0.1, 0.15) is 37.3 Å². The van der Waals surface area contributed by atoms with E-state index in [-0.39, 0.29) is 37.5 Å². The van der Waals surface area contributed by atoms with Crippen LogP contribution in [0.25, 0.3) is 0 Å². The molecule has 1 aromatic carbocycles. The summed E-state index contributed by atoms with van der Waals surface area (Å²) in [4.78, 5) is 26.0. The van der Waals surface area contributed by atoms with Crippen LogP contribution in [-0.4, -0.2) is 62.3 Å². The van der Waals surface area contributed by atoms with Crippen LogP contribution in [0.3, 0.4) is 0 Å². The number of carbonyl (C=O) groups is 2. The number of fused-ring (bicyclic) bond motifs is 1. The molecule has 1 saturated carbocycles. The maximum Gasteiger partial charge on any atom is 0.309 e. The zero-order valence-electron chi connectivity index (χ0n) is 16.8. The summed E-state index contributed by atoms with van der Waals surface area (Å²) in [6.07, 6.45) is 5.03. The lowest BCUT2D eigenvalue weighted by molar-refractivity contribution is -0.153. The van der Waals surface area contributed by atoms with E-state index in [0.29, 0.717) is 23.9 Å². The van der Waals surface area contributed by atoms with Crippen molar-refractivity contribution in [1.82, 2.24) is 9.21 Å². The second-order valence-corrected chi connectivity index (χ2v) is 10.3. The van der Waals surface area contributed by atoms with Gasteiger partial charge in [0.05, 0.1) is 10.8 Å². The summed E-state index contributed by atoms with van der Waals surface area (Å²) in [5, 5.41) is 0. The van der Waals surface area contributed by atoms with Crippen molar-refractivity contribution in [3.63, 3.8) is 0 Å². The minimum atomic E-state index is -3.57. The van der Waals surface area contributed by atoms with Gasteiger partial charge in [-0.05, 0) is 61.3 Å². The molecule has 2 fully saturated rings. The topological polar surface area (TPSA) is 84.0 Å². The molecular formula is C21H28N2O5S. The molecule has 1 aliphatic heterocycles. The van der Waals surface area contributed by atoms with Crippen LogP contribution < -0.4 is 0 Å². The van der Waals surface area contributed by atoms with Crippen molar-refractivity contribution in [3.05, 3.63) is 29.3 Å². The molecule has 0 radical (unpaired) electrons. The molecule has 1 amide bonds. The molecule has 1 saturated heterocycles. The molecule has 2 atom stereocenters. The van der Waals surface area contributed by atoms with Gasteiger partial charge in [-0.15, -0.1) is 0 Å². The van der Waals surface area contributed by atoms with Crippen molar-refractivity contribution in [2.24, 2.45) is 11.8 Å². The van der Waals surface area contributed by atoms with Crippen molar-refractivity contribution in [2.45, 2.75) is 43.9 Å². The zero-order chi connectivity index (χ0) is 20.6. The Hall–Kier alpha value is -1.93. The summed E-state index contributed by atoms with van der Waals surface area (Å²) < 4.78 is 32.6. The van der Waals surface area contributed by atoms with Crippen LogP contribution in [0.2, 0.25) is 0 Å². The van der Waals surface area contributed by atoms with E-state index in [2.05, 4.69) is 0 Å². The van der Waals surface area contributed by atoms with Crippen molar-refractivity contribution in [3.8, 4) is 0 Å². The molecule has 0 N–H and O–H groups in total. The molecule has 0 spiro atoms. The number of esters is 1. The second kappa shape index (κ2) is 8.07. The quantitative estimate of drug-likeness (QED) is 0.676. The Labute approximate surface area is 172 Å². The Bertz CT molecular complexity index is 906. The van der Waals surface area contributed by atoms with Gasteiger partial charge >= 0.3 is 5.97 Å². The molecule has 3 aliphatic rings. The molecule has 158 valence electrons. The molecule has 0 unspecified atom stereocenters. The third-order valence-corrected chi connectivity index (χ3v) is 8.19. The highest BCUT2D eigenvalue weighted by molar-refractivity contribution is 7.89. The first kappa shape index (κ1) is 20.3. The summed E-state index contributed by atoms with van der Waals surface area (Å²) in [5.41, 5.74) is 2.39. The van der Waals surface area contributed by atoms with Crippen molar-refractivity contribution >= 4 is 21.9 Å². The average Bonchev–Trinajstić information content (AvgIpc) is 3.48. The first-order chi connectivity index (χ1) is 13.9. The third kappa shape index (κ3) is 4.33. The van der Waals surface area contributed by atoms with Gasteiger partial charge in [0.25, 0.3) is 5.91 Å². The first-order valence-electron chi connectivity index (χ1n) is 10.4. The zero-order valence-corrected chi connectivity index (χ0v) is 17.6. The molecule has 29 heavy (non-hydrogen) atoms. The average molecular weight is 421 g/mol. The fourth-order valence-corrected chi connectivity index (χ4v) is 5.65. The largest absolute Gasteiger partial charge is 0.455 e. The minimum absolute atomic E-state index is 0.0681. The van der Waals surface area contributed by atoms with E-state index in [1.807, 2.05) is 19.1 Å². The SMILES string of the molecule is C[C@H]1C[C@H]1C(=O)OCC(=O)N1CCN(S(=O)(=O)c2ccc3c(c2)CCCC3)CC1. The van der Waals surface area contributed by atoms with E-state index in [9.17, 15) is 18.0 Å². The van der Waals surface area contributed by atoms with E-state index < -0.39 is 10.0 Å². The summed E-state index contributed by atoms with van der Waals surface area (Å²) in [6, 6.07) is 5.46. The maximum atomic E-state index is 13.0. The number of benzene rings is 1. The van der Waals surface area contributed by atoms with Gasteiger partial charge in [0.2, 0.25) is 10.0 Å². The van der Waals surface area contributed by atoms with Gasteiger partial charge in [0, 0.05) is 26.2 Å². The van der Waals surface area contributed by atoms with Crippen LogP contribution in [0.15, 0.2) is 23.1 Å². The lowest BCUT2D eigenvalue weighted by Crippen LogP contribution is -2.51. The Morgan fingerprint density at radius 3 is 2.38 bits per heavy atom. The van der Waals surface area contributed by atoms with Crippen molar-refractivity contribution in [2.75, 3.05) is 32.8 Å². The number of rotatable bonds is 5. The summed E-state index contributed by atoms with van der Waals surface area (Å²) in [7, 11) is -3.57. The van der Waals surface area contributed by atoms with Crippen molar-refractivity contribution in [1.29, 1.82) is 0 Å². The van der Waals surface area contributed by atoms with Crippen LogP contribution >= 0.6 is 0 Å². The number of carbonyl (C=O) groups excluding carboxylic acids is 2. The molecule has 0 aromatic heterocycles. The Morgan fingerprint density at radius 2 is 1.72 bits per heavy atom. The van der Waals surface area contributed by atoms with Gasteiger partial charge in [0.1, 0.15) is 0 Å². The van der Waals surface area contributed by atoms with E-state index >= 15 is 0 Å². The van der Waals surface area contributed by atoms with Gasteiger partial charge in [0.15, 0.2) is 6.61 Å². The van der Waals surface area contributed by atoms with Crippen LogP contribution in [0.5, 0.6) is 0 Å². The molecular weight excluding hydrogens is 392 g/mol. The number of aryl methyl sites for hydroxylation is 2. The predicted octanol–water partition coefficient (Wildman–Crippen LogP) is 1.60. The summed E-state index contributed by atoms with van der Waals surface area (Å²) in [5.74, 6) is -0.298. The van der Waals surface area contributed by atoms with E-state index in [1.54, 1.807) is 11.0 Å². The molecule has 7 nitrogen and oxygen atoms in total. The molecule has 1 heterocycles. The van der Waals surface area contributed by atoms with E-state index in [0.717, 1.165) is 37.7 Å². The Morgan fingerprint density at radius 1 is 1.07 bits per heavy atom. The van der Waals surface area contributed by atoms with Gasteiger partial charge in [-0.25, -0.2) is 8.42 Å². The number of sulfonamides is 1. The monoisotopic (exact) mass is 420 g/mol. The maximum absolute atomic E-state index is 13.0. The molecule has 1 aromatic rings. The molecule has 2 aliphatic carbocycles. The summed E-state index contributed by atoms with van der Waals surface area (Å²) >= 11 is 0. The Balaban J connectivity index is 1.32. The van der Waals surface area contributed by atoms with Crippen molar-refractivity contribution < 1.29 is 22.7 Å².